The lowest BCUT2D eigenvalue weighted by Crippen LogP contribution is -2.15. The minimum atomic E-state index is -0.468. The van der Waals surface area contributed by atoms with Gasteiger partial charge in [0.15, 0.2) is 5.82 Å². The van der Waals surface area contributed by atoms with Gasteiger partial charge in [-0.25, -0.2) is 9.67 Å². The number of anilines is 1. The van der Waals surface area contributed by atoms with Crippen molar-refractivity contribution in [3.05, 3.63) is 92.7 Å². The maximum atomic E-state index is 13.0. The third kappa shape index (κ3) is 4.44. The Morgan fingerprint density at radius 3 is 2.32 bits per heavy atom. The van der Waals surface area contributed by atoms with E-state index < -0.39 is 5.91 Å². The van der Waals surface area contributed by atoms with Crippen molar-refractivity contribution in [2.24, 2.45) is 0 Å². The maximum Gasteiger partial charge on any atom is 0.295 e. The van der Waals surface area contributed by atoms with Crippen LogP contribution in [0, 0.1) is 13.8 Å². The molecule has 5 nitrogen and oxygen atoms in total. The first-order chi connectivity index (χ1) is 14.8. The van der Waals surface area contributed by atoms with Crippen molar-refractivity contribution >= 4 is 46.4 Å². The highest BCUT2D eigenvalue weighted by Crippen LogP contribution is 2.28. The lowest BCUT2D eigenvalue weighted by atomic mass is 10.2. The highest BCUT2D eigenvalue weighted by Gasteiger charge is 2.21. The number of hydrogen-bond donors (Lipinski definition) is 1. The Balaban J connectivity index is 1.82. The standard InChI is InChI=1S/C23H17Cl3N4O/c1-13-6-9-17(25)12-19(13)30-22(15-7-10-16(24)11-8-15)28-21(29-30)23(31)27-20-14(2)4-3-5-18(20)26/h3-12H,1-2H3,(H,27,31). The first kappa shape index (κ1) is 21.4. The summed E-state index contributed by atoms with van der Waals surface area (Å²) < 4.78 is 1.61. The molecule has 8 heteroatoms. The predicted octanol–water partition coefficient (Wildman–Crippen LogP) is 6.76. The molecular formula is C23H17Cl3N4O. The number of nitrogens with one attached hydrogen (secondary N) is 1. The summed E-state index contributed by atoms with van der Waals surface area (Å²) in [5, 5.41) is 8.90. The molecule has 0 fully saturated rings. The number of carbonyl (C=O) groups excluding carboxylic acids is 1. The zero-order valence-corrected chi connectivity index (χ0v) is 18.9. The second-order valence-electron chi connectivity index (χ2n) is 6.99. The van der Waals surface area contributed by atoms with Gasteiger partial charge in [0.05, 0.1) is 16.4 Å². The molecule has 0 radical (unpaired) electrons. The van der Waals surface area contributed by atoms with Gasteiger partial charge in [0.25, 0.3) is 5.91 Å². The molecule has 1 aromatic heterocycles. The average molecular weight is 472 g/mol. The summed E-state index contributed by atoms with van der Waals surface area (Å²) in [6.07, 6.45) is 0. The van der Waals surface area contributed by atoms with E-state index in [4.69, 9.17) is 34.8 Å². The van der Waals surface area contributed by atoms with Gasteiger partial charge in [-0.1, -0.05) is 53.0 Å². The van der Waals surface area contributed by atoms with Crippen LogP contribution in [-0.4, -0.2) is 20.7 Å². The summed E-state index contributed by atoms with van der Waals surface area (Å²) in [7, 11) is 0. The van der Waals surface area contributed by atoms with Crippen molar-refractivity contribution in [2.45, 2.75) is 13.8 Å². The summed E-state index contributed by atoms with van der Waals surface area (Å²) in [5.41, 5.74) is 3.77. The highest BCUT2D eigenvalue weighted by atomic mass is 35.5. The zero-order chi connectivity index (χ0) is 22.1. The van der Waals surface area contributed by atoms with Crippen LogP contribution in [0.3, 0.4) is 0 Å². The summed E-state index contributed by atoms with van der Waals surface area (Å²) >= 11 is 18.5. The van der Waals surface area contributed by atoms with E-state index in [-0.39, 0.29) is 5.82 Å². The van der Waals surface area contributed by atoms with Gasteiger partial charge in [0, 0.05) is 15.6 Å². The van der Waals surface area contributed by atoms with E-state index in [1.807, 2.05) is 44.2 Å². The summed E-state index contributed by atoms with van der Waals surface area (Å²) in [4.78, 5) is 17.5. The van der Waals surface area contributed by atoms with Crippen LogP contribution in [-0.2, 0) is 0 Å². The molecule has 0 unspecified atom stereocenters. The molecule has 0 saturated heterocycles. The van der Waals surface area contributed by atoms with Crippen LogP contribution < -0.4 is 5.32 Å². The summed E-state index contributed by atoms with van der Waals surface area (Å²) in [6.45, 7) is 3.80. The lowest BCUT2D eigenvalue weighted by Gasteiger charge is -2.09. The molecule has 0 aliphatic rings. The van der Waals surface area contributed by atoms with E-state index in [1.54, 1.807) is 35.0 Å². The Morgan fingerprint density at radius 1 is 0.903 bits per heavy atom. The Labute approximate surface area is 194 Å². The molecule has 3 aromatic carbocycles. The average Bonchev–Trinajstić information content (AvgIpc) is 3.18. The molecule has 4 aromatic rings. The molecule has 0 spiro atoms. The topological polar surface area (TPSA) is 59.8 Å². The molecular weight excluding hydrogens is 455 g/mol. The number of hydrogen-bond acceptors (Lipinski definition) is 3. The van der Waals surface area contributed by atoms with E-state index in [0.717, 1.165) is 22.4 Å². The minimum Gasteiger partial charge on any atom is -0.318 e. The van der Waals surface area contributed by atoms with Crippen molar-refractivity contribution in [2.75, 3.05) is 5.32 Å². The molecule has 0 aliphatic carbocycles. The molecule has 0 bridgehead atoms. The smallest absolute Gasteiger partial charge is 0.295 e. The number of rotatable bonds is 4. The van der Waals surface area contributed by atoms with Crippen LogP contribution >= 0.6 is 34.8 Å². The molecule has 31 heavy (non-hydrogen) atoms. The molecule has 1 amide bonds. The summed E-state index contributed by atoms with van der Waals surface area (Å²) in [5.74, 6) is 0.0246. The van der Waals surface area contributed by atoms with Gasteiger partial charge in [0.1, 0.15) is 0 Å². The van der Waals surface area contributed by atoms with Crippen LogP contribution in [0.5, 0.6) is 0 Å². The van der Waals surface area contributed by atoms with Crippen LogP contribution in [0.15, 0.2) is 60.7 Å². The van der Waals surface area contributed by atoms with Gasteiger partial charge in [-0.05, 0) is 67.4 Å². The van der Waals surface area contributed by atoms with Gasteiger partial charge in [0.2, 0.25) is 5.82 Å². The van der Waals surface area contributed by atoms with Crippen molar-refractivity contribution < 1.29 is 4.79 Å². The van der Waals surface area contributed by atoms with Crippen LogP contribution in [0.4, 0.5) is 5.69 Å². The molecule has 4 rings (SSSR count). The number of nitrogens with zero attached hydrogens (tertiary/aromatic N) is 3. The SMILES string of the molecule is Cc1ccc(Cl)cc1-n1nc(C(=O)Nc2c(C)cccc2Cl)nc1-c1ccc(Cl)cc1. The molecule has 0 saturated carbocycles. The monoisotopic (exact) mass is 470 g/mol. The van der Waals surface area contributed by atoms with Crippen molar-refractivity contribution in [3.8, 4) is 17.1 Å². The minimum absolute atomic E-state index is 0.00338. The number of para-hydroxylation sites is 1. The molecule has 0 atom stereocenters. The van der Waals surface area contributed by atoms with Crippen molar-refractivity contribution in [1.29, 1.82) is 0 Å². The van der Waals surface area contributed by atoms with Gasteiger partial charge >= 0.3 is 0 Å². The Hall–Kier alpha value is -2.86. The van der Waals surface area contributed by atoms with E-state index in [2.05, 4.69) is 15.4 Å². The predicted molar refractivity (Wildman–Crippen MR) is 126 cm³/mol. The number of halogens is 3. The first-order valence-corrected chi connectivity index (χ1v) is 10.5. The third-order valence-corrected chi connectivity index (χ3v) is 5.57. The number of aromatic nitrogens is 3. The van der Waals surface area contributed by atoms with Gasteiger partial charge in [-0.3, -0.25) is 4.79 Å². The van der Waals surface area contributed by atoms with Gasteiger partial charge < -0.3 is 5.32 Å². The fraction of sp³-hybridized carbons (Fsp3) is 0.0870. The number of amides is 1. The van der Waals surface area contributed by atoms with Crippen molar-refractivity contribution in [1.82, 2.24) is 14.8 Å². The quantitative estimate of drug-likeness (QED) is 0.357. The number of carbonyl (C=O) groups is 1. The number of benzene rings is 3. The fourth-order valence-electron chi connectivity index (χ4n) is 3.13. The largest absolute Gasteiger partial charge is 0.318 e. The van der Waals surface area contributed by atoms with Gasteiger partial charge in [-0.2, -0.15) is 0 Å². The second-order valence-corrected chi connectivity index (χ2v) is 8.27. The number of aryl methyl sites for hydroxylation is 2. The van der Waals surface area contributed by atoms with Crippen LogP contribution in [0.1, 0.15) is 21.7 Å². The molecule has 156 valence electrons. The van der Waals surface area contributed by atoms with E-state index in [1.165, 1.54) is 0 Å². The van der Waals surface area contributed by atoms with Gasteiger partial charge in [-0.15, -0.1) is 5.10 Å². The Morgan fingerprint density at radius 2 is 1.61 bits per heavy atom. The van der Waals surface area contributed by atoms with Crippen LogP contribution in [0.2, 0.25) is 15.1 Å². The molecule has 0 aliphatic heterocycles. The van der Waals surface area contributed by atoms with E-state index >= 15 is 0 Å². The Kier molecular flexibility index (Phi) is 6.01. The maximum absolute atomic E-state index is 13.0. The lowest BCUT2D eigenvalue weighted by molar-refractivity contribution is 0.101. The van der Waals surface area contributed by atoms with Crippen LogP contribution in [0.25, 0.3) is 17.1 Å². The fourth-order valence-corrected chi connectivity index (χ4v) is 3.69. The normalized spacial score (nSPS) is 10.9. The molecule has 1 N–H and O–H groups in total. The van der Waals surface area contributed by atoms with E-state index in [0.29, 0.717) is 26.6 Å². The Bertz CT molecular complexity index is 1260. The second kappa shape index (κ2) is 8.71. The van der Waals surface area contributed by atoms with Crippen molar-refractivity contribution in [3.63, 3.8) is 0 Å². The molecule has 1 heterocycles. The first-order valence-electron chi connectivity index (χ1n) is 9.39. The summed E-state index contributed by atoms with van der Waals surface area (Å²) in [6, 6.07) is 18.0. The van der Waals surface area contributed by atoms with E-state index in [9.17, 15) is 4.79 Å². The zero-order valence-electron chi connectivity index (χ0n) is 16.7. The third-order valence-electron chi connectivity index (χ3n) is 4.77. The highest BCUT2D eigenvalue weighted by molar-refractivity contribution is 6.34.